The Morgan fingerprint density at radius 1 is 0.422 bits per heavy atom. The summed E-state index contributed by atoms with van der Waals surface area (Å²) in [6.45, 7) is 0. The van der Waals surface area contributed by atoms with E-state index in [2.05, 4.69) is 84.9 Å². The fraction of sp³-hybridized carbons (Fsp3) is 0. The smallest absolute Gasteiger partial charge is 0.164 e. The van der Waals surface area contributed by atoms with E-state index in [0.29, 0.717) is 17.5 Å². The van der Waals surface area contributed by atoms with Crippen LogP contribution in [0.2, 0.25) is 0 Å². The third-order valence-corrected chi connectivity index (χ3v) is 9.51. The Bertz CT molecular complexity index is 2480. The summed E-state index contributed by atoms with van der Waals surface area (Å²) in [5, 5.41) is 5.95. The number of thiophene rings is 1. The molecule has 9 aromatic rings. The lowest BCUT2D eigenvalue weighted by molar-refractivity contribution is 1.07. The van der Waals surface area contributed by atoms with Crippen LogP contribution in [0.1, 0.15) is 0 Å². The zero-order valence-electron chi connectivity index (χ0n) is 24.1. The summed E-state index contributed by atoms with van der Waals surface area (Å²) in [4.78, 5) is 20.3. The molecule has 0 saturated heterocycles. The molecule has 0 N–H and O–H groups in total. The van der Waals surface area contributed by atoms with E-state index in [1.165, 1.54) is 30.9 Å². The van der Waals surface area contributed by atoms with E-state index in [0.717, 1.165) is 38.9 Å². The molecule has 0 spiro atoms. The van der Waals surface area contributed by atoms with E-state index in [9.17, 15) is 0 Å². The van der Waals surface area contributed by atoms with Gasteiger partial charge in [-0.2, -0.15) is 0 Å². The van der Waals surface area contributed by atoms with E-state index >= 15 is 0 Å². The van der Waals surface area contributed by atoms with Crippen molar-refractivity contribution in [2.75, 3.05) is 0 Å². The molecule has 45 heavy (non-hydrogen) atoms. The molecular weight excluding hydrogens is 569 g/mol. The van der Waals surface area contributed by atoms with Crippen LogP contribution in [0.25, 0.3) is 87.3 Å². The van der Waals surface area contributed by atoms with Crippen molar-refractivity contribution in [1.82, 2.24) is 19.9 Å². The molecule has 0 aliphatic rings. The average Bonchev–Trinajstić information content (AvgIpc) is 3.51. The van der Waals surface area contributed by atoms with Crippen molar-refractivity contribution in [2.24, 2.45) is 0 Å². The summed E-state index contributed by atoms with van der Waals surface area (Å²) < 4.78 is 2.49. The molecule has 5 heteroatoms. The molecule has 0 bridgehead atoms. The summed E-state index contributed by atoms with van der Waals surface area (Å²) in [5.41, 5.74) is 5.83. The molecule has 0 unspecified atom stereocenters. The van der Waals surface area contributed by atoms with E-state index in [4.69, 9.17) is 19.9 Å². The van der Waals surface area contributed by atoms with Gasteiger partial charge < -0.3 is 0 Å². The summed E-state index contributed by atoms with van der Waals surface area (Å²) in [6.07, 6.45) is 0. The second-order valence-corrected chi connectivity index (χ2v) is 12.1. The average molecular weight is 593 g/mol. The molecule has 210 valence electrons. The Morgan fingerprint density at radius 3 is 1.76 bits per heavy atom. The number of hydrogen-bond acceptors (Lipinski definition) is 5. The Hall–Kier alpha value is -5.78. The van der Waals surface area contributed by atoms with Crippen molar-refractivity contribution in [3.05, 3.63) is 146 Å². The van der Waals surface area contributed by atoms with Crippen LogP contribution in [0.15, 0.2) is 146 Å². The lowest BCUT2D eigenvalue weighted by Gasteiger charge is -2.12. The zero-order chi connectivity index (χ0) is 29.7. The van der Waals surface area contributed by atoms with Crippen LogP contribution in [0.3, 0.4) is 0 Å². The molecule has 4 nitrogen and oxygen atoms in total. The van der Waals surface area contributed by atoms with Crippen molar-refractivity contribution < 1.29 is 0 Å². The highest BCUT2D eigenvalue weighted by Crippen LogP contribution is 2.44. The summed E-state index contributed by atoms with van der Waals surface area (Å²) in [6, 6.07) is 50.2. The molecule has 9 rings (SSSR count). The minimum Gasteiger partial charge on any atom is -0.247 e. The van der Waals surface area contributed by atoms with Gasteiger partial charge in [-0.1, -0.05) is 133 Å². The summed E-state index contributed by atoms with van der Waals surface area (Å²) in [5.74, 6) is 1.90. The normalized spacial score (nSPS) is 11.6. The monoisotopic (exact) mass is 592 g/mol. The molecule has 0 aliphatic heterocycles. The lowest BCUT2D eigenvalue weighted by atomic mass is 9.97. The molecule has 6 aromatic carbocycles. The van der Waals surface area contributed by atoms with Crippen LogP contribution < -0.4 is 0 Å². The van der Waals surface area contributed by atoms with Crippen molar-refractivity contribution in [2.45, 2.75) is 0 Å². The first-order chi connectivity index (χ1) is 22.3. The van der Waals surface area contributed by atoms with Gasteiger partial charge in [0.15, 0.2) is 17.5 Å². The summed E-state index contributed by atoms with van der Waals surface area (Å²) in [7, 11) is 0. The molecule has 0 fully saturated rings. The number of pyridine rings is 1. The maximum absolute atomic E-state index is 5.43. The van der Waals surface area contributed by atoms with Crippen molar-refractivity contribution in [3.63, 3.8) is 0 Å². The van der Waals surface area contributed by atoms with Gasteiger partial charge in [-0.25, -0.2) is 19.9 Å². The molecule has 0 atom stereocenters. The number of aromatic nitrogens is 4. The molecule has 0 aliphatic carbocycles. The van der Waals surface area contributed by atoms with Gasteiger partial charge in [0.25, 0.3) is 0 Å². The topological polar surface area (TPSA) is 51.6 Å². The highest BCUT2D eigenvalue weighted by molar-refractivity contribution is 7.26. The number of nitrogens with zero attached hydrogens (tertiary/aromatic N) is 4. The number of hydrogen-bond donors (Lipinski definition) is 0. The van der Waals surface area contributed by atoms with Crippen LogP contribution in [-0.2, 0) is 0 Å². The largest absolute Gasteiger partial charge is 0.247 e. The van der Waals surface area contributed by atoms with E-state index in [1.807, 2.05) is 72.0 Å². The van der Waals surface area contributed by atoms with Gasteiger partial charge in [0.2, 0.25) is 0 Å². The van der Waals surface area contributed by atoms with Crippen molar-refractivity contribution >= 4 is 53.2 Å². The predicted molar refractivity (Wildman–Crippen MR) is 187 cm³/mol. The molecule has 3 aromatic heterocycles. The summed E-state index contributed by atoms with van der Waals surface area (Å²) >= 11 is 1.83. The van der Waals surface area contributed by atoms with Crippen molar-refractivity contribution in [3.8, 4) is 45.4 Å². The maximum Gasteiger partial charge on any atom is 0.164 e. The highest BCUT2D eigenvalue weighted by Gasteiger charge is 2.19. The van der Waals surface area contributed by atoms with Crippen LogP contribution in [0.4, 0.5) is 0 Å². The molecule has 0 saturated carbocycles. The molecular formula is C40H24N4S. The Kier molecular flexibility index (Phi) is 5.96. The second-order valence-electron chi connectivity index (χ2n) is 11.1. The van der Waals surface area contributed by atoms with E-state index in [-0.39, 0.29) is 0 Å². The molecule has 0 amide bonds. The maximum atomic E-state index is 5.43. The van der Waals surface area contributed by atoms with Gasteiger partial charge in [0.05, 0.1) is 11.2 Å². The van der Waals surface area contributed by atoms with Gasteiger partial charge in [-0.05, 0) is 22.9 Å². The second kappa shape index (κ2) is 10.4. The molecule has 0 radical (unpaired) electrons. The van der Waals surface area contributed by atoms with Crippen LogP contribution in [-0.4, -0.2) is 19.9 Å². The number of fused-ring (bicyclic) bond motifs is 6. The quantitative estimate of drug-likeness (QED) is 0.204. The van der Waals surface area contributed by atoms with Gasteiger partial charge in [0, 0.05) is 47.8 Å². The van der Waals surface area contributed by atoms with Crippen LogP contribution in [0.5, 0.6) is 0 Å². The standard InChI is InChI=1S/C40H24N4S/c1-3-13-26(14-4-1)38-42-39(27-15-5-2-6-16-27)44-40(43-38)28-22-23-31-33(24-28)41-36(30-20-11-17-25-12-7-8-18-29(25)30)35-32-19-9-10-21-34(32)45-37(31)35/h1-24H. The Morgan fingerprint density at radius 2 is 1.02 bits per heavy atom. The van der Waals surface area contributed by atoms with Crippen LogP contribution >= 0.6 is 11.3 Å². The first-order valence-corrected chi connectivity index (χ1v) is 15.7. The van der Waals surface area contributed by atoms with Gasteiger partial charge >= 0.3 is 0 Å². The fourth-order valence-electron chi connectivity index (χ4n) is 6.17. The predicted octanol–water partition coefficient (Wildman–Crippen LogP) is 10.6. The Balaban J connectivity index is 1.32. The fourth-order valence-corrected chi connectivity index (χ4v) is 7.40. The van der Waals surface area contributed by atoms with Gasteiger partial charge in [-0.15, -0.1) is 11.3 Å². The molecule has 3 heterocycles. The van der Waals surface area contributed by atoms with Gasteiger partial charge in [-0.3, -0.25) is 0 Å². The first kappa shape index (κ1) is 25.7. The highest BCUT2D eigenvalue weighted by atomic mass is 32.1. The van der Waals surface area contributed by atoms with Gasteiger partial charge in [0.1, 0.15) is 0 Å². The van der Waals surface area contributed by atoms with Crippen LogP contribution in [0, 0.1) is 0 Å². The SMILES string of the molecule is c1ccc(-c2nc(-c3ccccc3)nc(-c3ccc4c(c3)nc(-c3cccc5ccccc35)c3c5ccccc5sc43)n2)cc1. The van der Waals surface area contributed by atoms with E-state index < -0.39 is 0 Å². The minimum atomic E-state index is 0.620. The lowest BCUT2D eigenvalue weighted by Crippen LogP contribution is -2.00. The number of benzene rings is 6. The zero-order valence-corrected chi connectivity index (χ0v) is 24.9. The Labute approximate surface area is 263 Å². The minimum absolute atomic E-state index is 0.620. The third-order valence-electron chi connectivity index (χ3n) is 8.31. The third kappa shape index (κ3) is 4.36. The van der Waals surface area contributed by atoms with E-state index in [1.54, 1.807) is 0 Å². The number of rotatable bonds is 4. The van der Waals surface area contributed by atoms with Crippen molar-refractivity contribution in [1.29, 1.82) is 0 Å². The first-order valence-electron chi connectivity index (χ1n) is 14.9.